The summed E-state index contributed by atoms with van der Waals surface area (Å²) in [7, 11) is -0.613. The van der Waals surface area contributed by atoms with Gasteiger partial charge in [0.25, 0.3) is 0 Å². The molecule has 30 heavy (non-hydrogen) atoms. The Morgan fingerprint density at radius 3 is 2.23 bits per heavy atom. The van der Waals surface area contributed by atoms with E-state index in [1.54, 1.807) is 24.3 Å². The minimum absolute atomic E-state index is 0.187. The van der Waals surface area contributed by atoms with Gasteiger partial charge in [-0.2, -0.15) is 0 Å². The van der Waals surface area contributed by atoms with Crippen LogP contribution in [-0.2, 0) is 20.7 Å². The van der Waals surface area contributed by atoms with Crippen LogP contribution < -0.4 is 5.32 Å². The van der Waals surface area contributed by atoms with Gasteiger partial charge in [-0.05, 0) is 56.4 Å². The quantitative estimate of drug-likeness (QED) is 0.695. The number of benzene rings is 2. The zero-order valence-corrected chi connectivity index (χ0v) is 17.8. The fraction of sp³-hybridized carbons (Fsp3) is 0.348. The SMILES string of the molecule is CC1(C)OB(C(=Cc2ccc(O)cc2)CNC(=O)OCc2ccccc2)OC1(C)C. The number of amides is 1. The van der Waals surface area contributed by atoms with E-state index in [-0.39, 0.29) is 18.9 Å². The molecule has 158 valence electrons. The highest BCUT2D eigenvalue weighted by Gasteiger charge is 2.52. The lowest BCUT2D eigenvalue weighted by Gasteiger charge is -2.32. The maximum absolute atomic E-state index is 12.2. The molecule has 1 aliphatic heterocycles. The lowest BCUT2D eigenvalue weighted by molar-refractivity contribution is 0.00578. The van der Waals surface area contributed by atoms with Crippen LogP contribution in [-0.4, -0.2) is 36.1 Å². The number of alkyl carbamates (subject to hydrolysis) is 1. The highest BCUT2D eigenvalue weighted by Crippen LogP contribution is 2.38. The smallest absolute Gasteiger partial charge is 0.492 e. The van der Waals surface area contributed by atoms with E-state index in [0.717, 1.165) is 16.6 Å². The number of phenols is 1. The monoisotopic (exact) mass is 409 g/mol. The van der Waals surface area contributed by atoms with Crippen LogP contribution in [0.1, 0.15) is 38.8 Å². The first-order valence-corrected chi connectivity index (χ1v) is 9.96. The van der Waals surface area contributed by atoms with Gasteiger partial charge in [-0.15, -0.1) is 0 Å². The Morgan fingerprint density at radius 1 is 1.03 bits per heavy atom. The molecule has 2 aromatic rings. The van der Waals surface area contributed by atoms with Crippen molar-refractivity contribution in [3.8, 4) is 5.75 Å². The number of hydrogen-bond donors (Lipinski definition) is 2. The first kappa shape index (κ1) is 21.9. The van der Waals surface area contributed by atoms with Crippen molar-refractivity contribution >= 4 is 19.3 Å². The van der Waals surface area contributed by atoms with Gasteiger partial charge in [0, 0.05) is 6.54 Å². The summed E-state index contributed by atoms with van der Waals surface area (Å²) in [6.45, 7) is 8.31. The molecular formula is C23H28BNO5. The molecule has 1 aliphatic rings. The van der Waals surface area contributed by atoms with Crippen molar-refractivity contribution in [2.45, 2.75) is 45.5 Å². The predicted octanol–water partition coefficient (Wildman–Crippen LogP) is 4.33. The van der Waals surface area contributed by atoms with Gasteiger partial charge >= 0.3 is 13.2 Å². The number of hydrogen-bond acceptors (Lipinski definition) is 5. The summed E-state index contributed by atoms with van der Waals surface area (Å²) >= 11 is 0. The molecule has 6 nitrogen and oxygen atoms in total. The summed E-state index contributed by atoms with van der Waals surface area (Å²) in [6.07, 6.45) is 1.37. The third kappa shape index (κ3) is 5.43. The van der Waals surface area contributed by atoms with E-state index >= 15 is 0 Å². The molecule has 1 saturated heterocycles. The van der Waals surface area contributed by atoms with E-state index in [4.69, 9.17) is 14.0 Å². The molecule has 0 saturated carbocycles. The Bertz CT molecular complexity index is 878. The summed E-state index contributed by atoms with van der Waals surface area (Å²) in [5, 5.41) is 12.3. The average Bonchev–Trinajstić information content (AvgIpc) is 2.93. The third-order valence-electron chi connectivity index (χ3n) is 5.45. The van der Waals surface area contributed by atoms with Gasteiger partial charge in [0.2, 0.25) is 0 Å². The summed E-state index contributed by atoms with van der Waals surface area (Å²) in [4.78, 5) is 12.2. The van der Waals surface area contributed by atoms with Crippen LogP contribution in [0.5, 0.6) is 5.75 Å². The molecule has 0 aliphatic carbocycles. The van der Waals surface area contributed by atoms with E-state index in [2.05, 4.69) is 5.32 Å². The zero-order chi connectivity index (χ0) is 21.8. The van der Waals surface area contributed by atoms with Crippen molar-refractivity contribution < 1.29 is 23.9 Å². The van der Waals surface area contributed by atoms with Crippen molar-refractivity contribution in [3.05, 3.63) is 71.2 Å². The number of phenolic OH excluding ortho intramolecular Hbond substituents is 1. The van der Waals surface area contributed by atoms with Gasteiger partial charge in [-0.3, -0.25) is 0 Å². The average molecular weight is 409 g/mol. The molecule has 1 heterocycles. The zero-order valence-electron chi connectivity index (χ0n) is 17.8. The van der Waals surface area contributed by atoms with Crippen molar-refractivity contribution in [3.63, 3.8) is 0 Å². The second-order valence-corrected chi connectivity index (χ2v) is 8.31. The highest BCUT2D eigenvalue weighted by atomic mass is 16.7. The van der Waals surface area contributed by atoms with Crippen molar-refractivity contribution in [1.29, 1.82) is 0 Å². The van der Waals surface area contributed by atoms with Crippen LogP contribution in [0, 0.1) is 0 Å². The summed E-state index contributed by atoms with van der Waals surface area (Å²) in [5.74, 6) is 0.187. The fourth-order valence-corrected chi connectivity index (χ4v) is 2.93. The topological polar surface area (TPSA) is 77.0 Å². The van der Waals surface area contributed by atoms with Gasteiger partial charge in [0.05, 0.1) is 11.2 Å². The number of ether oxygens (including phenoxy) is 1. The Morgan fingerprint density at radius 2 is 1.63 bits per heavy atom. The molecule has 0 bridgehead atoms. The normalized spacial score (nSPS) is 17.6. The maximum atomic E-state index is 12.2. The van der Waals surface area contributed by atoms with Gasteiger partial charge in [0.15, 0.2) is 0 Å². The van der Waals surface area contributed by atoms with Crippen LogP contribution in [0.25, 0.3) is 6.08 Å². The maximum Gasteiger partial charge on any atom is 0.492 e. The number of aromatic hydroxyl groups is 1. The number of nitrogens with one attached hydrogen (secondary N) is 1. The van der Waals surface area contributed by atoms with E-state index in [1.165, 1.54) is 0 Å². The van der Waals surface area contributed by atoms with E-state index in [9.17, 15) is 9.90 Å². The second kappa shape index (κ2) is 8.94. The molecule has 0 radical (unpaired) electrons. The molecule has 0 unspecified atom stereocenters. The molecule has 0 spiro atoms. The third-order valence-corrected chi connectivity index (χ3v) is 5.45. The molecule has 1 fully saturated rings. The molecule has 0 atom stereocenters. The van der Waals surface area contributed by atoms with Crippen LogP contribution in [0.4, 0.5) is 4.79 Å². The van der Waals surface area contributed by atoms with Crippen molar-refractivity contribution in [1.82, 2.24) is 5.32 Å². The minimum Gasteiger partial charge on any atom is -0.508 e. The van der Waals surface area contributed by atoms with Crippen LogP contribution in [0.15, 0.2) is 60.1 Å². The highest BCUT2D eigenvalue weighted by molar-refractivity contribution is 6.56. The molecule has 3 rings (SSSR count). The Hall–Kier alpha value is -2.77. The summed E-state index contributed by atoms with van der Waals surface area (Å²) < 4.78 is 17.6. The lowest BCUT2D eigenvalue weighted by Crippen LogP contribution is -2.41. The molecule has 1 amide bonds. The minimum atomic E-state index is -0.613. The first-order chi connectivity index (χ1) is 14.2. The van der Waals surface area contributed by atoms with Crippen LogP contribution >= 0.6 is 0 Å². The number of carbonyl (C=O) groups excluding carboxylic acids is 1. The number of carbonyl (C=O) groups is 1. The molecule has 0 aromatic heterocycles. The molecular weight excluding hydrogens is 381 g/mol. The molecule has 7 heteroatoms. The Balaban J connectivity index is 1.70. The summed E-state index contributed by atoms with van der Waals surface area (Å²) in [6, 6.07) is 16.3. The van der Waals surface area contributed by atoms with Crippen LogP contribution in [0.2, 0.25) is 0 Å². The first-order valence-electron chi connectivity index (χ1n) is 9.96. The Kier molecular flexibility index (Phi) is 6.53. The largest absolute Gasteiger partial charge is 0.508 e. The molecule has 2 N–H and O–H groups in total. The van der Waals surface area contributed by atoms with Gasteiger partial charge in [-0.1, -0.05) is 48.5 Å². The van der Waals surface area contributed by atoms with E-state index < -0.39 is 24.4 Å². The van der Waals surface area contributed by atoms with E-state index in [1.807, 2.05) is 64.1 Å². The van der Waals surface area contributed by atoms with Crippen molar-refractivity contribution in [2.24, 2.45) is 0 Å². The van der Waals surface area contributed by atoms with E-state index in [0.29, 0.717) is 0 Å². The van der Waals surface area contributed by atoms with Crippen molar-refractivity contribution in [2.75, 3.05) is 6.54 Å². The van der Waals surface area contributed by atoms with Gasteiger partial charge < -0.3 is 24.5 Å². The van der Waals surface area contributed by atoms with Crippen LogP contribution in [0.3, 0.4) is 0 Å². The predicted molar refractivity (Wildman–Crippen MR) is 117 cm³/mol. The second-order valence-electron chi connectivity index (χ2n) is 8.31. The van der Waals surface area contributed by atoms with Gasteiger partial charge in [-0.25, -0.2) is 4.79 Å². The lowest BCUT2D eigenvalue weighted by atomic mass is 9.77. The molecule has 2 aromatic carbocycles. The number of rotatable bonds is 6. The van der Waals surface area contributed by atoms with Gasteiger partial charge in [0.1, 0.15) is 12.4 Å². The fourth-order valence-electron chi connectivity index (χ4n) is 2.93. The Labute approximate surface area is 178 Å². The summed E-state index contributed by atoms with van der Waals surface area (Å²) in [5.41, 5.74) is 1.52. The standard InChI is InChI=1S/C23H28BNO5/c1-22(2)23(3,4)30-24(29-22)19(14-17-10-12-20(26)13-11-17)15-25-21(27)28-16-18-8-6-5-7-9-18/h5-14,26H,15-16H2,1-4H3,(H,25,27).